The second-order valence-corrected chi connectivity index (χ2v) is 6.52. The second-order valence-electron chi connectivity index (χ2n) is 5.61. The van der Waals surface area contributed by atoms with Gasteiger partial charge in [-0.1, -0.05) is 58.4 Å². The van der Waals surface area contributed by atoms with Crippen LogP contribution in [0.1, 0.15) is 29.9 Å². The fraction of sp³-hybridized carbons (Fsp3) is 0.333. The summed E-state index contributed by atoms with van der Waals surface area (Å²) in [4.78, 5) is 0. The van der Waals surface area contributed by atoms with Gasteiger partial charge in [-0.25, -0.2) is 0 Å². The number of rotatable bonds is 5. The lowest BCUT2D eigenvalue weighted by Crippen LogP contribution is -2.40. The molecule has 0 aromatic heterocycles. The van der Waals surface area contributed by atoms with Gasteiger partial charge in [-0.3, -0.25) is 0 Å². The van der Waals surface area contributed by atoms with E-state index in [1.807, 2.05) is 0 Å². The van der Waals surface area contributed by atoms with E-state index >= 15 is 0 Å². The molecule has 0 bridgehead atoms. The van der Waals surface area contributed by atoms with Gasteiger partial charge in [0.25, 0.3) is 0 Å². The standard InChI is InChI=1S/C18H20BrN/c19-17-8-6-15(7-9-17)16-12-18(13-16)20-11-10-14-4-2-1-3-5-14/h1-9,16,18,20H,10-13H2. The quantitative estimate of drug-likeness (QED) is 0.849. The Morgan fingerprint density at radius 1 is 0.950 bits per heavy atom. The first-order chi connectivity index (χ1) is 9.81. The van der Waals surface area contributed by atoms with E-state index in [1.54, 1.807) is 0 Å². The molecule has 2 aromatic carbocycles. The van der Waals surface area contributed by atoms with E-state index in [4.69, 9.17) is 0 Å². The van der Waals surface area contributed by atoms with Crippen LogP contribution in [0.2, 0.25) is 0 Å². The summed E-state index contributed by atoms with van der Waals surface area (Å²) in [6, 6.07) is 20.2. The Balaban J connectivity index is 1.39. The first kappa shape index (κ1) is 13.8. The summed E-state index contributed by atoms with van der Waals surface area (Å²) in [5.41, 5.74) is 2.90. The molecule has 0 spiro atoms. The third-order valence-corrected chi connectivity index (χ3v) is 4.70. The van der Waals surface area contributed by atoms with Crippen molar-refractivity contribution >= 4 is 15.9 Å². The lowest BCUT2D eigenvalue weighted by Gasteiger charge is -2.36. The monoisotopic (exact) mass is 329 g/mol. The predicted molar refractivity (Wildman–Crippen MR) is 88.1 cm³/mol. The molecule has 1 saturated carbocycles. The Labute approximate surface area is 129 Å². The molecule has 0 atom stereocenters. The molecular weight excluding hydrogens is 310 g/mol. The number of halogens is 1. The molecule has 1 N–H and O–H groups in total. The molecule has 1 aliphatic carbocycles. The van der Waals surface area contributed by atoms with Gasteiger partial charge < -0.3 is 5.32 Å². The molecule has 1 fully saturated rings. The van der Waals surface area contributed by atoms with Gasteiger partial charge >= 0.3 is 0 Å². The molecule has 2 aromatic rings. The molecule has 0 radical (unpaired) electrons. The number of benzene rings is 2. The van der Waals surface area contributed by atoms with Crippen molar-refractivity contribution in [3.8, 4) is 0 Å². The maximum Gasteiger partial charge on any atom is 0.0175 e. The molecule has 0 aliphatic heterocycles. The molecule has 1 nitrogen and oxygen atoms in total. The van der Waals surface area contributed by atoms with Crippen LogP contribution in [0.3, 0.4) is 0 Å². The third-order valence-electron chi connectivity index (χ3n) is 4.17. The molecule has 0 heterocycles. The van der Waals surface area contributed by atoms with Crippen molar-refractivity contribution in [3.05, 3.63) is 70.2 Å². The zero-order valence-corrected chi connectivity index (χ0v) is 13.1. The first-order valence-corrected chi connectivity index (χ1v) is 8.13. The summed E-state index contributed by atoms with van der Waals surface area (Å²) in [5.74, 6) is 0.748. The largest absolute Gasteiger partial charge is 0.314 e. The lowest BCUT2D eigenvalue weighted by atomic mass is 9.76. The summed E-state index contributed by atoms with van der Waals surface area (Å²) in [7, 11) is 0. The number of nitrogens with one attached hydrogen (secondary N) is 1. The second kappa shape index (κ2) is 6.55. The van der Waals surface area contributed by atoms with Crippen molar-refractivity contribution < 1.29 is 0 Å². The van der Waals surface area contributed by atoms with Crippen LogP contribution < -0.4 is 5.32 Å². The highest BCUT2D eigenvalue weighted by Gasteiger charge is 2.29. The fourth-order valence-corrected chi connectivity index (χ4v) is 3.12. The number of hydrogen-bond donors (Lipinski definition) is 1. The van der Waals surface area contributed by atoms with Crippen LogP contribution in [-0.4, -0.2) is 12.6 Å². The SMILES string of the molecule is Brc1ccc(C2CC(NCCc3ccccc3)C2)cc1. The Hall–Kier alpha value is -1.12. The van der Waals surface area contributed by atoms with E-state index in [-0.39, 0.29) is 0 Å². The molecule has 3 rings (SSSR count). The van der Waals surface area contributed by atoms with Crippen LogP contribution in [-0.2, 0) is 6.42 Å². The molecule has 1 aliphatic rings. The summed E-state index contributed by atoms with van der Waals surface area (Å²) in [5, 5.41) is 3.67. The van der Waals surface area contributed by atoms with Crippen molar-refractivity contribution in [2.75, 3.05) is 6.54 Å². The van der Waals surface area contributed by atoms with Crippen molar-refractivity contribution in [3.63, 3.8) is 0 Å². The van der Waals surface area contributed by atoms with Gasteiger partial charge in [-0.05, 0) is 55.0 Å². The van der Waals surface area contributed by atoms with Crippen molar-refractivity contribution in [2.45, 2.75) is 31.2 Å². The summed E-state index contributed by atoms with van der Waals surface area (Å²) in [6.07, 6.45) is 3.67. The summed E-state index contributed by atoms with van der Waals surface area (Å²) >= 11 is 3.49. The maximum absolute atomic E-state index is 3.67. The lowest BCUT2D eigenvalue weighted by molar-refractivity contribution is 0.293. The molecule has 0 amide bonds. The van der Waals surface area contributed by atoms with Gasteiger partial charge in [0.2, 0.25) is 0 Å². The predicted octanol–water partition coefficient (Wildman–Crippen LogP) is 4.53. The minimum Gasteiger partial charge on any atom is -0.314 e. The maximum atomic E-state index is 3.67. The average molecular weight is 330 g/mol. The topological polar surface area (TPSA) is 12.0 Å². The van der Waals surface area contributed by atoms with Crippen LogP contribution in [0.5, 0.6) is 0 Å². The molecule has 0 saturated heterocycles. The van der Waals surface area contributed by atoms with Gasteiger partial charge in [-0.15, -0.1) is 0 Å². The van der Waals surface area contributed by atoms with Crippen molar-refractivity contribution in [1.82, 2.24) is 5.32 Å². The van der Waals surface area contributed by atoms with Crippen LogP contribution in [0.4, 0.5) is 0 Å². The molecule has 2 heteroatoms. The van der Waals surface area contributed by atoms with Crippen LogP contribution >= 0.6 is 15.9 Å². The zero-order chi connectivity index (χ0) is 13.8. The summed E-state index contributed by atoms with van der Waals surface area (Å²) in [6.45, 7) is 1.09. The third kappa shape index (κ3) is 3.50. The summed E-state index contributed by atoms with van der Waals surface area (Å²) < 4.78 is 1.16. The Kier molecular flexibility index (Phi) is 4.54. The van der Waals surface area contributed by atoms with E-state index in [0.717, 1.165) is 23.4 Å². The molecule has 20 heavy (non-hydrogen) atoms. The molecular formula is C18H20BrN. The fourth-order valence-electron chi connectivity index (χ4n) is 2.86. The van der Waals surface area contributed by atoms with Crippen LogP contribution in [0, 0.1) is 0 Å². The zero-order valence-electron chi connectivity index (χ0n) is 11.6. The average Bonchev–Trinajstić information content (AvgIpc) is 2.44. The van der Waals surface area contributed by atoms with Gasteiger partial charge in [-0.2, -0.15) is 0 Å². The van der Waals surface area contributed by atoms with Gasteiger partial charge in [0, 0.05) is 10.5 Å². The minimum atomic E-state index is 0.701. The highest BCUT2D eigenvalue weighted by atomic mass is 79.9. The van der Waals surface area contributed by atoms with Crippen molar-refractivity contribution in [1.29, 1.82) is 0 Å². The van der Waals surface area contributed by atoms with E-state index < -0.39 is 0 Å². The smallest absolute Gasteiger partial charge is 0.0175 e. The van der Waals surface area contributed by atoms with Crippen molar-refractivity contribution in [2.24, 2.45) is 0 Å². The highest BCUT2D eigenvalue weighted by molar-refractivity contribution is 9.10. The Morgan fingerprint density at radius 2 is 1.65 bits per heavy atom. The van der Waals surface area contributed by atoms with Crippen LogP contribution in [0.25, 0.3) is 0 Å². The van der Waals surface area contributed by atoms with Gasteiger partial charge in [0.1, 0.15) is 0 Å². The Morgan fingerprint density at radius 3 is 2.35 bits per heavy atom. The number of hydrogen-bond acceptors (Lipinski definition) is 1. The minimum absolute atomic E-state index is 0.701. The highest BCUT2D eigenvalue weighted by Crippen LogP contribution is 2.37. The molecule has 104 valence electrons. The van der Waals surface area contributed by atoms with Gasteiger partial charge in [0.15, 0.2) is 0 Å². The van der Waals surface area contributed by atoms with Gasteiger partial charge in [0.05, 0.1) is 0 Å². The van der Waals surface area contributed by atoms with E-state index in [2.05, 4.69) is 75.8 Å². The van der Waals surface area contributed by atoms with E-state index in [0.29, 0.717) is 6.04 Å². The van der Waals surface area contributed by atoms with E-state index in [9.17, 15) is 0 Å². The van der Waals surface area contributed by atoms with E-state index in [1.165, 1.54) is 24.0 Å². The first-order valence-electron chi connectivity index (χ1n) is 7.34. The Bertz CT molecular complexity index is 529. The normalized spacial score (nSPS) is 21.4. The molecule has 0 unspecified atom stereocenters. The van der Waals surface area contributed by atoms with Crippen LogP contribution in [0.15, 0.2) is 59.1 Å².